The maximum atomic E-state index is 10.3. The number of methoxy groups -OCH3 is 1. The Balaban J connectivity index is 2.59. The Bertz CT molecular complexity index is 446. The predicted molar refractivity (Wildman–Crippen MR) is 71.1 cm³/mol. The highest BCUT2D eigenvalue weighted by atomic mass is 35.5. The van der Waals surface area contributed by atoms with Crippen LogP contribution in [0.3, 0.4) is 0 Å². The number of nitrogens with zero attached hydrogens (tertiary/aromatic N) is 1. The Kier molecular flexibility index (Phi) is 5.68. The van der Waals surface area contributed by atoms with E-state index in [4.69, 9.17) is 21.4 Å². The fraction of sp³-hybridized carbons (Fsp3) is 0.308. The summed E-state index contributed by atoms with van der Waals surface area (Å²) >= 11 is 6.12. The number of halogens is 1. The molecule has 5 heteroatoms. The Morgan fingerprint density at radius 2 is 2.28 bits per heavy atom. The number of likely N-dealkylation sites (N-methyl/N-ethyl adjacent to an activating group) is 1. The molecule has 0 amide bonds. The predicted octanol–water partition coefficient (Wildman–Crippen LogP) is 2.42. The van der Waals surface area contributed by atoms with Crippen molar-refractivity contribution in [3.8, 4) is 5.75 Å². The van der Waals surface area contributed by atoms with E-state index in [0.717, 1.165) is 17.4 Å². The highest BCUT2D eigenvalue weighted by molar-refractivity contribution is 6.31. The number of carboxylic acids is 1. The normalized spacial score (nSPS) is 11.1. The van der Waals surface area contributed by atoms with E-state index in [1.807, 2.05) is 24.1 Å². The van der Waals surface area contributed by atoms with E-state index in [1.54, 1.807) is 19.3 Å². The molecule has 0 atom stereocenters. The van der Waals surface area contributed by atoms with Gasteiger partial charge in [-0.3, -0.25) is 4.90 Å². The van der Waals surface area contributed by atoms with Crippen molar-refractivity contribution >= 4 is 17.6 Å². The van der Waals surface area contributed by atoms with Gasteiger partial charge in [0.2, 0.25) is 0 Å². The minimum atomic E-state index is -0.939. The van der Waals surface area contributed by atoms with E-state index < -0.39 is 5.97 Å². The number of rotatable bonds is 6. The summed E-state index contributed by atoms with van der Waals surface area (Å²) in [7, 11) is 3.49. The standard InChI is InChI=1S/C13H16ClNO3/c1-15(7-3-4-13(16)17)9-10-5-6-11(18-2)8-12(10)14/h3-6,8H,7,9H2,1-2H3,(H,16,17)/b4-3+. The quantitative estimate of drug-likeness (QED) is 0.806. The van der Waals surface area contributed by atoms with E-state index in [9.17, 15) is 4.79 Å². The topological polar surface area (TPSA) is 49.8 Å². The highest BCUT2D eigenvalue weighted by Gasteiger charge is 2.05. The molecule has 0 heterocycles. The second kappa shape index (κ2) is 7.03. The lowest BCUT2D eigenvalue weighted by Gasteiger charge is -2.15. The zero-order chi connectivity index (χ0) is 13.5. The molecular formula is C13H16ClNO3. The number of carboxylic acid groups (broad SMARTS) is 1. The first-order valence-corrected chi connectivity index (χ1v) is 5.81. The van der Waals surface area contributed by atoms with E-state index in [-0.39, 0.29) is 0 Å². The summed E-state index contributed by atoms with van der Waals surface area (Å²) in [5.74, 6) is -0.219. The molecule has 0 saturated heterocycles. The molecule has 1 rings (SSSR count). The zero-order valence-corrected chi connectivity index (χ0v) is 11.1. The average Bonchev–Trinajstić information content (AvgIpc) is 2.31. The van der Waals surface area contributed by atoms with Crippen LogP contribution in [0.2, 0.25) is 5.02 Å². The summed E-state index contributed by atoms with van der Waals surface area (Å²) in [6.45, 7) is 1.20. The van der Waals surface area contributed by atoms with Gasteiger partial charge in [0.25, 0.3) is 0 Å². The van der Waals surface area contributed by atoms with Gasteiger partial charge in [0, 0.05) is 24.2 Å². The third-order valence-electron chi connectivity index (χ3n) is 2.38. The number of hydrogen-bond donors (Lipinski definition) is 1. The minimum Gasteiger partial charge on any atom is -0.497 e. The third kappa shape index (κ3) is 4.77. The Morgan fingerprint density at radius 3 is 2.83 bits per heavy atom. The van der Waals surface area contributed by atoms with Gasteiger partial charge in [0.1, 0.15) is 5.75 Å². The van der Waals surface area contributed by atoms with Crippen LogP contribution in [0.15, 0.2) is 30.4 Å². The molecule has 0 radical (unpaired) electrons. The summed E-state index contributed by atoms with van der Waals surface area (Å²) in [5.41, 5.74) is 0.976. The fourth-order valence-electron chi connectivity index (χ4n) is 1.47. The van der Waals surface area contributed by atoms with Crippen LogP contribution in [0, 0.1) is 0 Å². The van der Waals surface area contributed by atoms with E-state index in [2.05, 4.69) is 0 Å². The monoisotopic (exact) mass is 269 g/mol. The molecule has 0 unspecified atom stereocenters. The molecular weight excluding hydrogens is 254 g/mol. The van der Waals surface area contributed by atoms with Gasteiger partial charge >= 0.3 is 5.97 Å². The number of ether oxygens (including phenoxy) is 1. The number of hydrogen-bond acceptors (Lipinski definition) is 3. The van der Waals surface area contributed by atoms with Crippen molar-refractivity contribution in [2.75, 3.05) is 20.7 Å². The van der Waals surface area contributed by atoms with Crippen LogP contribution in [0.4, 0.5) is 0 Å². The molecule has 0 spiro atoms. The van der Waals surface area contributed by atoms with Gasteiger partial charge < -0.3 is 9.84 Å². The Labute approximate surface area is 111 Å². The first kappa shape index (κ1) is 14.5. The maximum Gasteiger partial charge on any atom is 0.328 e. The summed E-state index contributed by atoms with van der Waals surface area (Å²) < 4.78 is 5.07. The number of benzene rings is 1. The third-order valence-corrected chi connectivity index (χ3v) is 2.73. The number of aliphatic carboxylic acids is 1. The molecule has 18 heavy (non-hydrogen) atoms. The zero-order valence-electron chi connectivity index (χ0n) is 10.4. The SMILES string of the molecule is COc1ccc(CN(C)C/C=C/C(=O)O)c(Cl)c1. The van der Waals surface area contributed by atoms with E-state index >= 15 is 0 Å². The molecule has 1 N–H and O–H groups in total. The lowest BCUT2D eigenvalue weighted by atomic mass is 10.2. The van der Waals surface area contributed by atoms with Crippen LogP contribution in [-0.4, -0.2) is 36.7 Å². The van der Waals surface area contributed by atoms with Gasteiger partial charge in [-0.15, -0.1) is 0 Å². The molecule has 1 aromatic rings. The smallest absolute Gasteiger partial charge is 0.328 e. The van der Waals surface area contributed by atoms with Crippen LogP contribution in [-0.2, 0) is 11.3 Å². The van der Waals surface area contributed by atoms with Crippen molar-refractivity contribution in [3.63, 3.8) is 0 Å². The van der Waals surface area contributed by atoms with E-state index in [1.165, 1.54) is 0 Å². The van der Waals surface area contributed by atoms with Crippen molar-refractivity contribution in [2.24, 2.45) is 0 Å². The second-order valence-electron chi connectivity index (χ2n) is 3.89. The lowest BCUT2D eigenvalue weighted by Crippen LogP contribution is -2.18. The van der Waals surface area contributed by atoms with Gasteiger partial charge in [0.05, 0.1) is 7.11 Å². The summed E-state index contributed by atoms with van der Waals surface area (Å²) in [5, 5.41) is 9.12. The van der Waals surface area contributed by atoms with Crippen LogP contribution < -0.4 is 4.74 Å². The van der Waals surface area contributed by atoms with Crippen molar-refractivity contribution in [2.45, 2.75) is 6.54 Å². The fourth-order valence-corrected chi connectivity index (χ4v) is 1.70. The van der Waals surface area contributed by atoms with Gasteiger partial charge in [-0.2, -0.15) is 0 Å². The van der Waals surface area contributed by atoms with Gasteiger partial charge in [0.15, 0.2) is 0 Å². The molecule has 0 aliphatic heterocycles. The van der Waals surface area contributed by atoms with Crippen molar-refractivity contribution < 1.29 is 14.6 Å². The van der Waals surface area contributed by atoms with Crippen LogP contribution in [0.1, 0.15) is 5.56 Å². The second-order valence-corrected chi connectivity index (χ2v) is 4.30. The molecule has 0 bridgehead atoms. The average molecular weight is 270 g/mol. The molecule has 0 fully saturated rings. The Hall–Kier alpha value is -1.52. The van der Waals surface area contributed by atoms with Crippen LogP contribution >= 0.6 is 11.6 Å². The molecule has 4 nitrogen and oxygen atoms in total. The Morgan fingerprint density at radius 1 is 1.56 bits per heavy atom. The largest absolute Gasteiger partial charge is 0.497 e. The van der Waals surface area contributed by atoms with Crippen LogP contribution in [0.25, 0.3) is 0 Å². The molecule has 0 aliphatic rings. The van der Waals surface area contributed by atoms with Gasteiger partial charge in [-0.05, 0) is 24.7 Å². The number of carbonyl (C=O) groups is 1. The summed E-state index contributed by atoms with van der Waals surface area (Å²) in [6.07, 6.45) is 2.73. The summed E-state index contributed by atoms with van der Waals surface area (Å²) in [6, 6.07) is 5.51. The highest BCUT2D eigenvalue weighted by Crippen LogP contribution is 2.23. The van der Waals surface area contributed by atoms with Crippen molar-refractivity contribution in [1.82, 2.24) is 4.90 Å². The van der Waals surface area contributed by atoms with Crippen molar-refractivity contribution in [1.29, 1.82) is 0 Å². The van der Waals surface area contributed by atoms with Crippen LogP contribution in [0.5, 0.6) is 5.75 Å². The first-order chi connectivity index (χ1) is 8.52. The molecule has 0 saturated carbocycles. The maximum absolute atomic E-state index is 10.3. The molecule has 0 aliphatic carbocycles. The summed E-state index contributed by atoms with van der Waals surface area (Å²) in [4.78, 5) is 12.3. The van der Waals surface area contributed by atoms with Crippen molar-refractivity contribution in [3.05, 3.63) is 40.9 Å². The lowest BCUT2D eigenvalue weighted by molar-refractivity contribution is -0.131. The molecule has 98 valence electrons. The van der Waals surface area contributed by atoms with E-state index in [0.29, 0.717) is 18.1 Å². The minimum absolute atomic E-state index is 0.550. The van der Waals surface area contributed by atoms with Gasteiger partial charge in [-0.25, -0.2) is 4.79 Å². The molecule has 0 aromatic heterocycles. The van der Waals surface area contributed by atoms with Gasteiger partial charge in [-0.1, -0.05) is 23.7 Å². The molecule has 1 aromatic carbocycles. The first-order valence-electron chi connectivity index (χ1n) is 5.43.